The van der Waals surface area contributed by atoms with E-state index in [-0.39, 0.29) is 0 Å². The third-order valence-electron chi connectivity index (χ3n) is 5.57. The molecule has 2 rings (SSSR count). The van der Waals surface area contributed by atoms with Gasteiger partial charge in [0, 0.05) is 0 Å². The minimum Gasteiger partial charge on any atom is -0.433 e. The number of rotatable bonds is 8. The molecule has 0 saturated carbocycles. The molecule has 0 atom stereocenters. The highest BCUT2D eigenvalue weighted by atomic mass is 28.5. The minimum absolute atomic E-state index is 1.04. The second-order valence-corrected chi connectivity index (χ2v) is 29.9. The Morgan fingerprint density at radius 3 is 0.903 bits per heavy atom. The monoisotopic (exact) mass is 508 g/mol. The van der Waals surface area contributed by atoms with E-state index in [1.165, 1.54) is 10.4 Å². The molecule has 0 aliphatic rings. The summed E-state index contributed by atoms with van der Waals surface area (Å²) in [6.45, 7) is 20.9. The van der Waals surface area contributed by atoms with Crippen molar-refractivity contribution in [1.82, 2.24) is 0 Å². The van der Waals surface area contributed by atoms with Gasteiger partial charge < -0.3 is 17.8 Å². The van der Waals surface area contributed by atoms with Crippen LogP contribution < -0.4 is 20.7 Å². The topological polar surface area (TPSA) is 58.9 Å². The van der Waals surface area contributed by atoms with Crippen molar-refractivity contribution < 1.29 is 17.8 Å². The van der Waals surface area contributed by atoms with E-state index in [1.54, 1.807) is 0 Å². The summed E-state index contributed by atoms with van der Waals surface area (Å²) in [4.78, 5) is 20.7. The fourth-order valence-electron chi connectivity index (χ4n) is 3.93. The molecule has 0 aromatic heterocycles. The molecule has 0 aliphatic heterocycles. The maximum atomic E-state index is 10.4. The lowest BCUT2D eigenvalue weighted by atomic mass is 10.4. The van der Waals surface area contributed by atoms with Crippen LogP contribution in [0, 0.1) is 0 Å². The number of hydrogen-bond acceptors (Lipinski definition) is 4. The Morgan fingerprint density at radius 2 is 0.677 bits per heavy atom. The lowest BCUT2D eigenvalue weighted by Gasteiger charge is -2.39. The highest BCUT2D eigenvalue weighted by molar-refractivity contribution is 6.96. The van der Waals surface area contributed by atoms with Crippen LogP contribution in [-0.4, -0.2) is 51.4 Å². The Kier molecular flexibility index (Phi) is 7.69. The second kappa shape index (κ2) is 8.95. The van der Waals surface area contributed by atoms with E-state index in [1.807, 2.05) is 26.2 Å². The minimum atomic E-state index is -2.40. The summed E-state index contributed by atoms with van der Waals surface area (Å²) in [6, 6.07) is 16.7. The molecule has 0 radical (unpaired) electrons. The van der Waals surface area contributed by atoms with Crippen molar-refractivity contribution in [2.75, 3.05) is 0 Å². The predicted molar refractivity (Wildman–Crippen MR) is 145 cm³/mol. The van der Waals surface area contributed by atoms with E-state index in [0.717, 1.165) is 10.4 Å². The van der Waals surface area contributed by atoms with Gasteiger partial charge in [-0.2, -0.15) is 0 Å². The third kappa shape index (κ3) is 7.17. The lowest BCUT2D eigenvalue weighted by Crippen LogP contribution is -2.60. The van der Waals surface area contributed by atoms with Crippen molar-refractivity contribution in [3.8, 4) is 0 Å². The molecule has 0 bridgehead atoms. The number of benzene rings is 2. The van der Waals surface area contributed by atoms with Gasteiger partial charge in [0.2, 0.25) is 33.3 Å². The quantitative estimate of drug-likeness (QED) is 0.538. The Labute approximate surface area is 194 Å². The van der Waals surface area contributed by atoms with Crippen molar-refractivity contribution in [2.24, 2.45) is 0 Å². The Morgan fingerprint density at radius 1 is 0.452 bits per heavy atom. The van der Waals surface area contributed by atoms with Gasteiger partial charge in [-0.05, 0) is 86.2 Å². The van der Waals surface area contributed by atoms with E-state index in [4.69, 9.17) is 8.23 Å². The predicted octanol–water partition coefficient (Wildman–Crippen LogP) is 2.75. The van der Waals surface area contributed by atoms with Gasteiger partial charge in [0.15, 0.2) is 0 Å². The van der Waals surface area contributed by atoms with Gasteiger partial charge in [0.05, 0.1) is 0 Å². The van der Waals surface area contributed by atoms with Crippen LogP contribution in [0.3, 0.4) is 0 Å². The fraction of sp³-hybridized carbons (Fsp3) is 0.455. The Balaban J connectivity index is 2.18. The zero-order valence-electron chi connectivity index (χ0n) is 20.8. The Bertz CT molecular complexity index is 807. The van der Waals surface area contributed by atoms with E-state index in [9.17, 15) is 9.59 Å². The summed E-state index contributed by atoms with van der Waals surface area (Å²) in [5, 5.41) is 4.52. The van der Waals surface area contributed by atoms with E-state index >= 15 is 0 Å². The van der Waals surface area contributed by atoms with Crippen LogP contribution in [0.2, 0.25) is 65.5 Å². The van der Waals surface area contributed by atoms with Gasteiger partial charge in [-0.1, -0.05) is 48.5 Å². The maximum absolute atomic E-state index is 10.4. The zero-order chi connectivity index (χ0) is 23.9. The van der Waals surface area contributed by atoms with Crippen LogP contribution in [0.1, 0.15) is 0 Å². The smallest absolute Gasteiger partial charge is 0.311 e. The molecule has 9 heteroatoms. The molecule has 0 saturated heterocycles. The van der Waals surface area contributed by atoms with Crippen molar-refractivity contribution in [3.05, 3.63) is 48.5 Å². The van der Waals surface area contributed by atoms with Gasteiger partial charge in [-0.25, -0.2) is 0 Å². The highest BCUT2D eigenvalue weighted by Gasteiger charge is 2.41. The first kappa shape index (κ1) is 26.6. The molecule has 0 heterocycles. The summed E-state index contributed by atoms with van der Waals surface area (Å²) in [6.07, 6.45) is 0. The maximum Gasteiger partial charge on any atom is 0.311 e. The van der Waals surface area contributed by atoms with Crippen molar-refractivity contribution in [3.63, 3.8) is 0 Å². The van der Waals surface area contributed by atoms with Crippen molar-refractivity contribution >= 4 is 62.6 Å². The summed E-state index contributed by atoms with van der Waals surface area (Å²) < 4.78 is 13.6. The second-order valence-electron chi connectivity index (χ2n) is 10.9. The molecule has 2 aromatic rings. The molecule has 0 unspecified atom stereocenters. The molecule has 0 spiro atoms. The van der Waals surface area contributed by atoms with Crippen LogP contribution >= 0.6 is 0 Å². The van der Waals surface area contributed by atoms with Gasteiger partial charge in [0.25, 0.3) is 0 Å². The van der Waals surface area contributed by atoms with Crippen LogP contribution in [0.25, 0.3) is 0 Å². The first-order valence-electron chi connectivity index (χ1n) is 10.9. The molecule has 4 nitrogen and oxygen atoms in total. The van der Waals surface area contributed by atoms with Crippen LogP contribution in [0.15, 0.2) is 48.5 Å². The van der Waals surface area contributed by atoms with E-state index < -0.39 is 41.8 Å². The average molecular weight is 509 g/mol. The SMILES string of the molecule is C[Si](C)(O[Si](C)(C)c1ccc([Si](C)(C)O)cc1)O[Si](C)(C)c1ccc([Si](C)(C)O)cc1. The fourth-order valence-corrected chi connectivity index (χ4v) is 19.1. The van der Waals surface area contributed by atoms with Crippen molar-refractivity contribution in [1.29, 1.82) is 0 Å². The summed E-state index contributed by atoms with van der Waals surface area (Å²) in [7, 11) is -11.3. The normalized spacial score (nSPS) is 14.1. The molecule has 2 aromatic carbocycles. The molecule has 0 fully saturated rings. The summed E-state index contributed by atoms with van der Waals surface area (Å²) in [5.41, 5.74) is 0. The number of hydrogen-bond donors (Lipinski definition) is 2. The summed E-state index contributed by atoms with van der Waals surface area (Å²) in [5.74, 6) is 0. The molecular weight excluding hydrogens is 469 g/mol. The van der Waals surface area contributed by atoms with Gasteiger partial charge in [-0.15, -0.1) is 0 Å². The first-order valence-corrected chi connectivity index (χ1v) is 25.4. The average Bonchev–Trinajstić information content (AvgIpc) is 2.58. The molecule has 172 valence electrons. The molecule has 31 heavy (non-hydrogen) atoms. The zero-order valence-corrected chi connectivity index (χ0v) is 25.8. The highest BCUT2D eigenvalue weighted by Crippen LogP contribution is 2.21. The van der Waals surface area contributed by atoms with Crippen LogP contribution in [-0.2, 0) is 8.23 Å². The van der Waals surface area contributed by atoms with Gasteiger partial charge in [-0.3, -0.25) is 0 Å². The first-order chi connectivity index (χ1) is 13.8. The van der Waals surface area contributed by atoms with E-state index in [0.29, 0.717) is 0 Å². The molecule has 0 aliphatic carbocycles. The van der Waals surface area contributed by atoms with Gasteiger partial charge >= 0.3 is 8.56 Å². The lowest BCUT2D eigenvalue weighted by molar-refractivity contribution is 0.401. The standard InChI is InChI=1S/C22H40O4Si5/c1-27(2,23)19-11-15-21(16-12-19)29(5,6)25-31(9,10)26-30(7,8)22-17-13-20(14-18-22)28(3,4)24/h11-18,23-24H,1-10H3. The third-order valence-corrected chi connectivity index (χ3v) is 20.5. The molecule has 0 amide bonds. The summed E-state index contributed by atoms with van der Waals surface area (Å²) >= 11 is 0. The largest absolute Gasteiger partial charge is 0.433 e. The van der Waals surface area contributed by atoms with Gasteiger partial charge in [0.1, 0.15) is 0 Å². The van der Waals surface area contributed by atoms with Crippen LogP contribution in [0.4, 0.5) is 0 Å². The van der Waals surface area contributed by atoms with E-state index in [2.05, 4.69) is 87.8 Å². The Hall–Kier alpha value is -0.636. The molecule has 2 N–H and O–H groups in total. The van der Waals surface area contributed by atoms with Crippen LogP contribution in [0.5, 0.6) is 0 Å². The molecular formula is C22H40O4Si5. The van der Waals surface area contributed by atoms with Crippen molar-refractivity contribution in [2.45, 2.75) is 65.5 Å².